The molecule has 0 saturated heterocycles. The second-order valence-corrected chi connectivity index (χ2v) is 4.97. The molecule has 0 fully saturated rings. The van der Waals surface area contributed by atoms with Crippen molar-refractivity contribution < 1.29 is 14.3 Å². The summed E-state index contributed by atoms with van der Waals surface area (Å²) in [5.41, 5.74) is 0.205. The van der Waals surface area contributed by atoms with Gasteiger partial charge in [0, 0.05) is 26.2 Å². The molecule has 2 aromatic rings. The van der Waals surface area contributed by atoms with Crippen molar-refractivity contribution in [3.63, 3.8) is 0 Å². The first kappa shape index (κ1) is 17.4. The highest BCUT2D eigenvalue weighted by Gasteiger charge is 2.14. The number of aromatic nitrogens is 3. The Labute approximate surface area is 135 Å². The van der Waals surface area contributed by atoms with Crippen LogP contribution in [0.2, 0.25) is 0 Å². The van der Waals surface area contributed by atoms with Crippen molar-refractivity contribution in [1.82, 2.24) is 15.2 Å². The lowest BCUT2D eigenvalue weighted by atomic mass is 10.2. The van der Waals surface area contributed by atoms with Gasteiger partial charge in [-0.3, -0.25) is 4.79 Å². The highest BCUT2D eigenvalue weighted by Crippen LogP contribution is 2.06. The summed E-state index contributed by atoms with van der Waals surface area (Å²) in [5.74, 6) is 0. The zero-order chi connectivity index (χ0) is 16.5. The highest BCUT2D eigenvalue weighted by atomic mass is 16.8. The Bertz CT molecular complexity index is 659. The molecule has 0 aliphatic heterocycles. The summed E-state index contributed by atoms with van der Waals surface area (Å²) in [6.45, 7) is 5.77. The minimum atomic E-state index is -0.533. The molecule has 1 unspecified atom stereocenters. The van der Waals surface area contributed by atoms with E-state index >= 15 is 0 Å². The predicted octanol–water partition coefficient (Wildman–Crippen LogP) is 1.79. The quantitative estimate of drug-likeness (QED) is 0.490. The molecule has 23 heavy (non-hydrogen) atoms. The number of rotatable bonds is 10. The van der Waals surface area contributed by atoms with Crippen LogP contribution in [-0.2, 0) is 9.47 Å². The molecule has 1 aromatic carbocycles. The van der Waals surface area contributed by atoms with E-state index in [0.717, 1.165) is 17.7 Å². The Kier molecular flexibility index (Phi) is 6.96. The first-order chi connectivity index (χ1) is 11.3. The minimum absolute atomic E-state index is 0.338. The molecule has 0 aliphatic carbocycles. The van der Waals surface area contributed by atoms with Crippen LogP contribution >= 0.6 is 0 Å². The smallest absolute Gasteiger partial charge is 0.314 e. The average molecular weight is 321 g/mol. The molecular weight excluding hydrogens is 298 g/mol. The molecule has 0 spiro atoms. The van der Waals surface area contributed by atoms with Gasteiger partial charge in [-0.05, 0) is 48.9 Å². The van der Waals surface area contributed by atoms with Crippen LogP contribution < -0.4 is 10.4 Å². The zero-order valence-corrected chi connectivity index (χ0v) is 13.6. The summed E-state index contributed by atoms with van der Waals surface area (Å²) in [6, 6.07) is 7.03. The maximum Gasteiger partial charge on any atom is 0.314 e. The third kappa shape index (κ3) is 5.01. The van der Waals surface area contributed by atoms with Crippen LogP contribution in [0.3, 0.4) is 0 Å². The van der Waals surface area contributed by atoms with Gasteiger partial charge in [0.25, 0.3) is 0 Å². The van der Waals surface area contributed by atoms with E-state index in [1.165, 1.54) is 0 Å². The van der Waals surface area contributed by atoms with Gasteiger partial charge in [0.1, 0.15) is 5.52 Å². The highest BCUT2D eigenvalue weighted by molar-refractivity contribution is 5.76. The van der Waals surface area contributed by atoms with Crippen molar-refractivity contribution in [3.05, 3.63) is 34.6 Å². The summed E-state index contributed by atoms with van der Waals surface area (Å²) >= 11 is 0. The van der Waals surface area contributed by atoms with Gasteiger partial charge in [0.05, 0.1) is 5.39 Å². The molecule has 1 aromatic heterocycles. The fourth-order valence-electron chi connectivity index (χ4n) is 2.17. The van der Waals surface area contributed by atoms with E-state index in [4.69, 9.17) is 14.3 Å². The monoisotopic (exact) mass is 321 g/mol. The van der Waals surface area contributed by atoms with E-state index in [1.54, 1.807) is 18.2 Å². The van der Waals surface area contributed by atoms with Gasteiger partial charge in [0.2, 0.25) is 6.29 Å². The second kappa shape index (κ2) is 9.22. The molecule has 7 heteroatoms. The van der Waals surface area contributed by atoms with E-state index in [-0.39, 0.29) is 5.56 Å². The maximum atomic E-state index is 12.3. The van der Waals surface area contributed by atoms with E-state index in [0.29, 0.717) is 37.1 Å². The molecule has 0 bridgehead atoms. The lowest BCUT2D eigenvalue weighted by Gasteiger charge is -2.17. The number of nitrogens with zero attached hydrogens (tertiary/aromatic N) is 3. The number of hydrogen-bond donors (Lipinski definition) is 0. The summed E-state index contributed by atoms with van der Waals surface area (Å²) in [4.78, 5) is 18.8. The molecular formula is C16H23N3O4. The van der Waals surface area contributed by atoms with E-state index in [9.17, 15) is 4.79 Å². The Morgan fingerprint density at radius 2 is 2.00 bits per heavy atom. The molecule has 0 saturated carbocycles. The third-order valence-corrected chi connectivity index (χ3v) is 3.29. The van der Waals surface area contributed by atoms with E-state index in [1.807, 2.05) is 19.9 Å². The molecule has 1 atom stereocenters. The number of ether oxygens (including phenoxy) is 2. The number of hydrogen-bond acceptors (Lipinski definition) is 6. The number of fused-ring (bicyclic) bond motifs is 1. The van der Waals surface area contributed by atoms with Gasteiger partial charge >= 0.3 is 5.56 Å². The van der Waals surface area contributed by atoms with Crippen LogP contribution in [0.5, 0.6) is 0 Å². The van der Waals surface area contributed by atoms with Gasteiger partial charge in [-0.25, -0.2) is 0 Å². The van der Waals surface area contributed by atoms with Gasteiger partial charge in [0.15, 0.2) is 0 Å². The molecule has 0 radical (unpaired) electrons. The molecule has 0 amide bonds. The molecule has 1 heterocycles. The van der Waals surface area contributed by atoms with Gasteiger partial charge in [-0.1, -0.05) is 12.1 Å². The van der Waals surface area contributed by atoms with Crippen LogP contribution in [0.15, 0.2) is 29.1 Å². The van der Waals surface area contributed by atoms with E-state index in [2.05, 4.69) is 10.3 Å². The normalized spacial score (nSPS) is 12.4. The Morgan fingerprint density at radius 3 is 2.78 bits per heavy atom. The third-order valence-electron chi connectivity index (χ3n) is 3.29. The molecule has 2 rings (SSSR count). The van der Waals surface area contributed by atoms with Crippen LogP contribution in [-0.4, -0.2) is 41.3 Å². The largest absolute Gasteiger partial charge is 0.382 e. The first-order valence-electron chi connectivity index (χ1n) is 7.97. The van der Waals surface area contributed by atoms with Crippen molar-refractivity contribution in [2.45, 2.75) is 39.4 Å². The maximum absolute atomic E-state index is 12.3. The van der Waals surface area contributed by atoms with Crippen molar-refractivity contribution >= 4 is 10.9 Å². The fraction of sp³-hybridized carbons (Fsp3) is 0.562. The van der Waals surface area contributed by atoms with Gasteiger partial charge in [-0.2, -0.15) is 0 Å². The van der Waals surface area contributed by atoms with Crippen molar-refractivity contribution in [1.29, 1.82) is 0 Å². The van der Waals surface area contributed by atoms with Gasteiger partial charge < -0.3 is 14.3 Å². The van der Waals surface area contributed by atoms with E-state index < -0.39 is 6.29 Å². The van der Waals surface area contributed by atoms with Gasteiger partial charge in [-0.15, -0.1) is 5.10 Å². The van der Waals surface area contributed by atoms with Crippen LogP contribution in [0.4, 0.5) is 0 Å². The van der Waals surface area contributed by atoms with Crippen molar-refractivity contribution in [2.24, 2.45) is 0 Å². The standard InChI is InChI=1S/C16H23N3O4/c1-3-21-12-8-7-11-15(22-4-2)23-19-16(20)13-9-5-6-10-14(13)17-18-19/h5-6,9-10,15H,3-4,7-8,11-12H2,1-2H3. The molecule has 0 N–H and O–H groups in total. The first-order valence-corrected chi connectivity index (χ1v) is 7.97. The predicted molar refractivity (Wildman–Crippen MR) is 86.1 cm³/mol. The Balaban J connectivity index is 2.01. The van der Waals surface area contributed by atoms with Crippen LogP contribution in [0, 0.1) is 0 Å². The number of unbranched alkanes of at least 4 members (excludes halogenated alkanes) is 1. The SMILES string of the molecule is CCOCCCCC(OCC)On1nnc2ccccc2c1=O. The lowest BCUT2D eigenvalue weighted by Crippen LogP contribution is -2.37. The molecule has 0 aliphatic rings. The van der Waals surface area contributed by atoms with Crippen molar-refractivity contribution in [3.8, 4) is 0 Å². The summed E-state index contributed by atoms with van der Waals surface area (Å²) in [6.07, 6.45) is 1.91. The number of benzene rings is 1. The minimum Gasteiger partial charge on any atom is -0.382 e. The Hall–Kier alpha value is -1.99. The Morgan fingerprint density at radius 1 is 1.17 bits per heavy atom. The summed E-state index contributed by atoms with van der Waals surface area (Å²) < 4.78 is 10.8. The fourth-order valence-corrected chi connectivity index (χ4v) is 2.17. The average Bonchev–Trinajstić information content (AvgIpc) is 2.57. The molecule has 7 nitrogen and oxygen atoms in total. The second-order valence-electron chi connectivity index (χ2n) is 4.97. The zero-order valence-electron chi connectivity index (χ0n) is 13.6. The van der Waals surface area contributed by atoms with Crippen molar-refractivity contribution in [2.75, 3.05) is 19.8 Å². The topological polar surface area (TPSA) is 75.5 Å². The summed E-state index contributed by atoms with van der Waals surface area (Å²) in [5, 5.41) is 8.27. The lowest BCUT2D eigenvalue weighted by molar-refractivity contribution is -0.159. The van der Waals surface area contributed by atoms with Crippen LogP contribution in [0.1, 0.15) is 33.1 Å². The molecule has 126 valence electrons. The van der Waals surface area contributed by atoms with Crippen LogP contribution in [0.25, 0.3) is 10.9 Å². The summed E-state index contributed by atoms with van der Waals surface area (Å²) in [7, 11) is 0.